The lowest BCUT2D eigenvalue weighted by atomic mass is 10.1. The van der Waals surface area contributed by atoms with Gasteiger partial charge in [-0.15, -0.1) is 0 Å². The Balaban J connectivity index is 2.31. The van der Waals surface area contributed by atoms with Gasteiger partial charge in [0, 0.05) is 16.1 Å². The number of nitrogens with zero attached hydrogens (tertiary/aromatic N) is 1. The summed E-state index contributed by atoms with van der Waals surface area (Å²) in [6, 6.07) is 14.2. The highest BCUT2D eigenvalue weighted by Gasteiger charge is 2.13. The topological polar surface area (TPSA) is 71.3 Å². The predicted octanol–water partition coefficient (Wildman–Crippen LogP) is 4.01. The summed E-state index contributed by atoms with van der Waals surface area (Å²) < 4.78 is 11.1. The molecule has 0 atom stereocenters. The zero-order valence-corrected chi connectivity index (χ0v) is 14.8. The Morgan fingerprint density at radius 1 is 1.21 bits per heavy atom. The molecule has 24 heavy (non-hydrogen) atoms. The van der Waals surface area contributed by atoms with E-state index in [4.69, 9.17) is 9.47 Å². The molecule has 5 nitrogen and oxygen atoms in total. The summed E-state index contributed by atoms with van der Waals surface area (Å²) in [6.07, 6.45) is 1.48. The molecule has 0 heterocycles. The quantitative estimate of drug-likeness (QED) is 0.622. The molecule has 0 unspecified atom stereocenters. The standard InChI is InChI=1S/C18H15BrN2O3/c1-23-14-8-7-12(17(10-14)24-2)9-13(11-20)18(22)21-16-6-4-3-5-15(16)19/h3-10H,1-2H3,(H,21,22)/b13-9+. The van der Waals surface area contributed by atoms with Crippen molar-refractivity contribution in [2.75, 3.05) is 19.5 Å². The summed E-state index contributed by atoms with van der Waals surface area (Å²) in [5.74, 6) is 0.637. The van der Waals surface area contributed by atoms with E-state index in [0.29, 0.717) is 22.7 Å². The highest BCUT2D eigenvalue weighted by molar-refractivity contribution is 9.10. The lowest BCUT2D eigenvalue weighted by Crippen LogP contribution is -2.13. The fraction of sp³-hybridized carbons (Fsp3) is 0.111. The Morgan fingerprint density at radius 3 is 2.58 bits per heavy atom. The number of halogens is 1. The zero-order chi connectivity index (χ0) is 17.5. The molecule has 0 aliphatic carbocycles. The van der Waals surface area contributed by atoms with Gasteiger partial charge in [-0.25, -0.2) is 0 Å². The van der Waals surface area contributed by atoms with E-state index in [0.717, 1.165) is 4.47 Å². The second-order valence-electron chi connectivity index (χ2n) is 4.71. The normalized spacial score (nSPS) is 10.7. The highest BCUT2D eigenvalue weighted by atomic mass is 79.9. The number of para-hydroxylation sites is 1. The van der Waals surface area contributed by atoms with Crippen LogP contribution in [0.1, 0.15) is 5.56 Å². The number of carbonyl (C=O) groups is 1. The molecule has 0 aromatic heterocycles. The molecule has 122 valence electrons. The molecule has 0 saturated heterocycles. The maximum absolute atomic E-state index is 12.3. The van der Waals surface area contributed by atoms with E-state index >= 15 is 0 Å². The maximum atomic E-state index is 12.3. The third kappa shape index (κ3) is 4.15. The van der Waals surface area contributed by atoms with Crippen LogP contribution in [0.15, 0.2) is 52.5 Å². The number of ether oxygens (including phenoxy) is 2. The van der Waals surface area contributed by atoms with E-state index in [2.05, 4.69) is 21.2 Å². The fourth-order valence-corrected chi connectivity index (χ4v) is 2.38. The van der Waals surface area contributed by atoms with Crippen LogP contribution in [0, 0.1) is 11.3 Å². The molecule has 1 N–H and O–H groups in total. The number of rotatable bonds is 5. The highest BCUT2D eigenvalue weighted by Crippen LogP contribution is 2.27. The van der Waals surface area contributed by atoms with Crippen LogP contribution in [0.3, 0.4) is 0 Å². The van der Waals surface area contributed by atoms with Gasteiger partial charge in [-0.3, -0.25) is 4.79 Å². The summed E-state index contributed by atoms with van der Waals surface area (Å²) in [5.41, 5.74) is 1.16. The number of hydrogen-bond donors (Lipinski definition) is 1. The Labute approximate surface area is 148 Å². The Kier molecular flexibility index (Phi) is 5.99. The van der Waals surface area contributed by atoms with Crippen LogP contribution in [0.4, 0.5) is 5.69 Å². The van der Waals surface area contributed by atoms with E-state index in [1.165, 1.54) is 13.2 Å². The molecule has 0 bridgehead atoms. The van der Waals surface area contributed by atoms with Gasteiger partial charge >= 0.3 is 0 Å². The second kappa shape index (κ2) is 8.18. The smallest absolute Gasteiger partial charge is 0.266 e. The van der Waals surface area contributed by atoms with Crippen LogP contribution < -0.4 is 14.8 Å². The SMILES string of the molecule is COc1ccc(/C=C(\C#N)C(=O)Nc2ccccc2Br)c(OC)c1. The number of methoxy groups -OCH3 is 2. The second-order valence-corrected chi connectivity index (χ2v) is 5.57. The van der Waals surface area contributed by atoms with Gasteiger partial charge in [0.05, 0.1) is 19.9 Å². The van der Waals surface area contributed by atoms with Crippen molar-refractivity contribution < 1.29 is 14.3 Å². The fourth-order valence-electron chi connectivity index (χ4n) is 1.99. The van der Waals surface area contributed by atoms with Gasteiger partial charge in [0.25, 0.3) is 5.91 Å². The minimum absolute atomic E-state index is 0.0331. The molecule has 0 radical (unpaired) electrons. The lowest BCUT2D eigenvalue weighted by Gasteiger charge is -2.09. The van der Waals surface area contributed by atoms with Crippen molar-refractivity contribution >= 4 is 33.6 Å². The van der Waals surface area contributed by atoms with Crippen molar-refractivity contribution in [2.24, 2.45) is 0 Å². The lowest BCUT2D eigenvalue weighted by molar-refractivity contribution is -0.112. The summed E-state index contributed by atoms with van der Waals surface area (Å²) >= 11 is 3.35. The predicted molar refractivity (Wildman–Crippen MR) is 95.9 cm³/mol. The number of carbonyl (C=O) groups excluding carboxylic acids is 1. The van der Waals surface area contributed by atoms with Crippen LogP contribution >= 0.6 is 15.9 Å². The molecular formula is C18H15BrN2O3. The van der Waals surface area contributed by atoms with Crippen molar-refractivity contribution in [1.29, 1.82) is 5.26 Å². The first-order chi connectivity index (χ1) is 11.6. The molecule has 0 saturated carbocycles. The molecule has 2 rings (SSSR count). The first-order valence-corrected chi connectivity index (χ1v) is 7.78. The Bertz CT molecular complexity index is 825. The largest absolute Gasteiger partial charge is 0.497 e. The summed E-state index contributed by atoms with van der Waals surface area (Å²) in [7, 11) is 3.06. The first-order valence-electron chi connectivity index (χ1n) is 6.98. The van der Waals surface area contributed by atoms with E-state index in [1.54, 1.807) is 43.5 Å². The van der Waals surface area contributed by atoms with E-state index < -0.39 is 5.91 Å². The van der Waals surface area contributed by atoms with E-state index in [-0.39, 0.29) is 5.57 Å². The van der Waals surface area contributed by atoms with Gasteiger partial charge in [0.1, 0.15) is 23.1 Å². The first kappa shape index (κ1) is 17.6. The van der Waals surface area contributed by atoms with Gasteiger partial charge in [0.2, 0.25) is 0 Å². The van der Waals surface area contributed by atoms with Gasteiger partial charge in [-0.2, -0.15) is 5.26 Å². The van der Waals surface area contributed by atoms with Crippen LogP contribution in [0.2, 0.25) is 0 Å². The molecular weight excluding hydrogens is 372 g/mol. The van der Waals surface area contributed by atoms with Crippen LogP contribution in [0.25, 0.3) is 6.08 Å². The van der Waals surface area contributed by atoms with Crippen molar-refractivity contribution in [1.82, 2.24) is 0 Å². The number of amides is 1. The van der Waals surface area contributed by atoms with Crippen LogP contribution in [-0.2, 0) is 4.79 Å². The Hall–Kier alpha value is -2.78. The molecule has 6 heteroatoms. The van der Waals surface area contributed by atoms with Gasteiger partial charge < -0.3 is 14.8 Å². The zero-order valence-electron chi connectivity index (χ0n) is 13.2. The molecule has 2 aromatic rings. The number of anilines is 1. The minimum Gasteiger partial charge on any atom is -0.497 e. The Morgan fingerprint density at radius 2 is 1.96 bits per heavy atom. The number of benzene rings is 2. The van der Waals surface area contributed by atoms with E-state index in [9.17, 15) is 10.1 Å². The van der Waals surface area contributed by atoms with Gasteiger partial charge in [-0.1, -0.05) is 12.1 Å². The maximum Gasteiger partial charge on any atom is 0.266 e. The summed E-state index contributed by atoms with van der Waals surface area (Å²) in [6.45, 7) is 0. The van der Waals surface area contributed by atoms with Crippen molar-refractivity contribution in [3.05, 3.63) is 58.1 Å². The van der Waals surface area contributed by atoms with Crippen molar-refractivity contribution in [3.63, 3.8) is 0 Å². The monoisotopic (exact) mass is 386 g/mol. The molecule has 0 aliphatic rings. The van der Waals surface area contributed by atoms with Gasteiger partial charge in [-0.05, 0) is 46.3 Å². The van der Waals surface area contributed by atoms with Crippen LogP contribution in [-0.4, -0.2) is 20.1 Å². The van der Waals surface area contributed by atoms with Gasteiger partial charge in [0.15, 0.2) is 0 Å². The third-order valence-corrected chi connectivity index (χ3v) is 3.92. The average Bonchev–Trinajstić information content (AvgIpc) is 2.61. The molecule has 2 aromatic carbocycles. The molecule has 1 amide bonds. The van der Waals surface area contributed by atoms with Crippen molar-refractivity contribution in [2.45, 2.75) is 0 Å². The van der Waals surface area contributed by atoms with E-state index in [1.807, 2.05) is 12.1 Å². The molecule has 0 spiro atoms. The molecule has 0 aliphatic heterocycles. The number of nitriles is 1. The summed E-state index contributed by atoms with van der Waals surface area (Å²) in [4.78, 5) is 12.3. The number of nitrogens with one attached hydrogen (secondary N) is 1. The minimum atomic E-state index is -0.498. The number of hydrogen-bond acceptors (Lipinski definition) is 4. The van der Waals surface area contributed by atoms with Crippen LogP contribution in [0.5, 0.6) is 11.5 Å². The third-order valence-electron chi connectivity index (χ3n) is 3.23. The molecule has 0 fully saturated rings. The van der Waals surface area contributed by atoms with Crippen molar-refractivity contribution in [3.8, 4) is 17.6 Å². The summed E-state index contributed by atoms with van der Waals surface area (Å²) in [5, 5.41) is 12.0. The average molecular weight is 387 g/mol.